The van der Waals surface area contributed by atoms with Crippen LogP contribution in [0.4, 0.5) is 0 Å². The molecule has 2 aliphatic heterocycles. The van der Waals surface area contributed by atoms with Crippen LogP contribution < -0.4 is 0 Å². The summed E-state index contributed by atoms with van der Waals surface area (Å²) in [5.41, 5.74) is 1.00. The van der Waals surface area contributed by atoms with Gasteiger partial charge in [-0.2, -0.15) is 0 Å². The number of nitrogens with zero attached hydrogens (tertiary/aromatic N) is 5. The molecule has 0 saturated carbocycles. The second-order valence-electron chi connectivity index (χ2n) is 7.13. The molecule has 2 aliphatic rings. The van der Waals surface area contributed by atoms with Crippen molar-refractivity contribution in [2.75, 3.05) is 19.6 Å². The number of carbonyl (C=O) groups excluding carboxylic acids is 2. The quantitative estimate of drug-likeness (QED) is 0.823. The summed E-state index contributed by atoms with van der Waals surface area (Å²) >= 11 is 1.23. The Morgan fingerprint density at radius 1 is 1.35 bits per heavy atom. The zero-order chi connectivity index (χ0) is 18.1. The van der Waals surface area contributed by atoms with Gasteiger partial charge in [0.2, 0.25) is 5.91 Å². The standard InChI is InChI=1S/C18H21N5O2S/c1-13-15(20-21-26-13)16(24)23-8-3-5-18(12-23)6-9-22(17(18)25)11-14-4-2-7-19-10-14/h2,4,7,10H,3,5-6,8-9,11-12H2,1H3. The molecule has 0 aromatic carbocycles. The molecule has 1 atom stereocenters. The van der Waals surface area contributed by atoms with Crippen LogP contribution in [0.3, 0.4) is 0 Å². The average molecular weight is 371 g/mol. The van der Waals surface area contributed by atoms with E-state index in [9.17, 15) is 9.59 Å². The molecule has 26 heavy (non-hydrogen) atoms. The van der Waals surface area contributed by atoms with Crippen molar-refractivity contribution in [1.82, 2.24) is 24.4 Å². The maximum absolute atomic E-state index is 13.1. The van der Waals surface area contributed by atoms with Crippen molar-refractivity contribution in [3.05, 3.63) is 40.7 Å². The van der Waals surface area contributed by atoms with Crippen LogP contribution in [0.2, 0.25) is 0 Å². The average Bonchev–Trinajstić information content (AvgIpc) is 3.21. The van der Waals surface area contributed by atoms with Gasteiger partial charge >= 0.3 is 0 Å². The van der Waals surface area contributed by atoms with E-state index in [1.807, 2.05) is 24.0 Å². The maximum atomic E-state index is 13.1. The maximum Gasteiger partial charge on any atom is 0.275 e. The molecule has 2 saturated heterocycles. The summed E-state index contributed by atoms with van der Waals surface area (Å²) in [5.74, 6) is 0.0563. The summed E-state index contributed by atoms with van der Waals surface area (Å²) in [7, 11) is 0. The van der Waals surface area contributed by atoms with Gasteiger partial charge in [-0.1, -0.05) is 10.6 Å². The van der Waals surface area contributed by atoms with E-state index in [1.54, 1.807) is 17.3 Å². The highest BCUT2D eigenvalue weighted by atomic mass is 32.1. The van der Waals surface area contributed by atoms with Crippen LogP contribution in [0, 0.1) is 12.3 Å². The minimum Gasteiger partial charge on any atom is -0.338 e. The minimum absolute atomic E-state index is 0.103. The van der Waals surface area contributed by atoms with Crippen molar-refractivity contribution in [2.24, 2.45) is 5.41 Å². The van der Waals surface area contributed by atoms with E-state index in [-0.39, 0.29) is 11.8 Å². The molecule has 0 aliphatic carbocycles. The summed E-state index contributed by atoms with van der Waals surface area (Å²) in [5, 5.41) is 3.97. The molecule has 0 N–H and O–H groups in total. The lowest BCUT2D eigenvalue weighted by molar-refractivity contribution is -0.138. The van der Waals surface area contributed by atoms with Crippen molar-refractivity contribution in [3.8, 4) is 0 Å². The number of amides is 2. The van der Waals surface area contributed by atoms with E-state index in [0.29, 0.717) is 25.3 Å². The Bertz CT molecular complexity index is 824. The van der Waals surface area contributed by atoms with Gasteiger partial charge in [-0.05, 0) is 49.3 Å². The Morgan fingerprint density at radius 2 is 2.23 bits per heavy atom. The first-order chi connectivity index (χ1) is 12.6. The topological polar surface area (TPSA) is 79.3 Å². The highest BCUT2D eigenvalue weighted by Crippen LogP contribution is 2.41. The first-order valence-corrected chi connectivity index (χ1v) is 9.63. The third-order valence-electron chi connectivity index (χ3n) is 5.42. The fourth-order valence-electron chi connectivity index (χ4n) is 4.02. The van der Waals surface area contributed by atoms with E-state index < -0.39 is 5.41 Å². The molecule has 0 radical (unpaired) electrons. The first kappa shape index (κ1) is 17.1. The predicted molar refractivity (Wildman–Crippen MR) is 96.5 cm³/mol. The molecular formula is C18H21N5O2S. The smallest absolute Gasteiger partial charge is 0.275 e. The van der Waals surface area contributed by atoms with Gasteiger partial charge in [0.1, 0.15) is 0 Å². The van der Waals surface area contributed by atoms with Crippen LogP contribution >= 0.6 is 11.5 Å². The monoisotopic (exact) mass is 371 g/mol. The molecule has 0 bridgehead atoms. The van der Waals surface area contributed by atoms with Gasteiger partial charge in [0.25, 0.3) is 5.91 Å². The molecule has 8 heteroatoms. The van der Waals surface area contributed by atoms with Gasteiger partial charge in [0.15, 0.2) is 5.69 Å². The second-order valence-corrected chi connectivity index (χ2v) is 8.08. The number of carbonyl (C=O) groups is 2. The van der Waals surface area contributed by atoms with E-state index in [1.165, 1.54) is 11.5 Å². The van der Waals surface area contributed by atoms with Crippen molar-refractivity contribution in [1.29, 1.82) is 0 Å². The van der Waals surface area contributed by atoms with Crippen LogP contribution in [0.5, 0.6) is 0 Å². The number of aromatic nitrogens is 3. The predicted octanol–water partition coefficient (Wildman–Crippen LogP) is 1.90. The molecule has 2 aromatic heterocycles. The van der Waals surface area contributed by atoms with Crippen LogP contribution in [-0.2, 0) is 11.3 Å². The normalized spacial score (nSPS) is 23.0. The van der Waals surface area contributed by atoms with E-state index >= 15 is 0 Å². The number of hydrogen-bond donors (Lipinski definition) is 0. The molecule has 4 heterocycles. The summed E-state index contributed by atoms with van der Waals surface area (Å²) in [6.45, 7) is 4.32. The van der Waals surface area contributed by atoms with Gasteiger partial charge in [0.05, 0.1) is 10.3 Å². The van der Waals surface area contributed by atoms with Crippen molar-refractivity contribution < 1.29 is 9.59 Å². The van der Waals surface area contributed by atoms with Gasteiger partial charge in [-0.3, -0.25) is 14.6 Å². The molecule has 2 amide bonds. The highest BCUT2D eigenvalue weighted by molar-refractivity contribution is 7.05. The fourth-order valence-corrected chi connectivity index (χ4v) is 4.48. The van der Waals surface area contributed by atoms with Crippen LogP contribution in [0.25, 0.3) is 0 Å². The lowest BCUT2D eigenvalue weighted by Crippen LogP contribution is -2.50. The van der Waals surface area contributed by atoms with Gasteiger partial charge in [-0.15, -0.1) is 5.10 Å². The molecule has 4 rings (SSSR count). The zero-order valence-electron chi connectivity index (χ0n) is 14.7. The molecule has 7 nitrogen and oxygen atoms in total. The summed E-state index contributed by atoms with van der Waals surface area (Å²) < 4.78 is 3.86. The molecular weight excluding hydrogens is 350 g/mol. The Balaban J connectivity index is 1.49. The molecule has 1 spiro atoms. The molecule has 1 unspecified atom stereocenters. The zero-order valence-corrected chi connectivity index (χ0v) is 15.5. The van der Waals surface area contributed by atoms with Crippen molar-refractivity contribution in [2.45, 2.75) is 32.7 Å². The molecule has 136 valence electrons. The molecule has 2 fully saturated rings. The third-order valence-corrected chi connectivity index (χ3v) is 6.05. The lowest BCUT2D eigenvalue weighted by atomic mass is 9.78. The largest absolute Gasteiger partial charge is 0.338 e. The number of pyridine rings is 1. The van der Waals surface area contributed by atoms with Crippen LogP contribution in [0.15, 0.2) is 24.5 Å². The lowest BCUT2D eigenvalue weighted by Gasteiger charge is -2.38. The van der Waals surface area contributed by atoms with E-state index in [0.717, 1.165) is 36.2 Å². The van der Waals surface area contributed by atoms with Gasteiger partial charge < -0.3 is 9.80 Å². The second kappa shape index (κ2) is 6.75. The first-order valence-electron chi connectivity index (χ1n) is 8.86. The fraction of sp³-hybridized carbons (Fsp3) is 0.500. The number of rotatable bonds is 3. The Kier molecular flexibility index (Phi) is 4.44. The Labute approximate surface area is 156 Å². The number of likely N-dealkylation sites (tertiary alicyclic amines) is 2. The summed E-state index contributed by atoms with van der Waals surface area (Å²) in [6, 6.07) is 3.87. The van der Waals surface area contributed by atoms with Gasteiger partial charge in [-0.25, -0.2) is 0 Å². The third kappa shape index (κ3) is 2.98. The minimum atomic E-state index is -0.451. The Morgan fingerprint density at radius 3 is 2.96 bits per heavy atom. The van der Waals surface area contributed by atoms with Crippen molar-refractivity contribution >= 4 is 23.3 Å². The summed E-state index contributed by atoms with van der Waals surface area (Å²) in [4.78, 5) is 34.6. The highest BCUT2D eigenvalue weighted by Gasteiger charge is 2.49. The summed E-state index contributed by atoms with van der Waals surface area (Å²) in [6.07, 6.45) is 6.01. The molecule has 2 aromatic rings. The van der Waals surface area contributed by atoms with Crippen LogP contribution in [-0.4, -0.2) is 55.8 Å². The van der Waals surface area contributed by atoms with Gasteiger partial charge in [0, 0.05) is 38.6 Å². The van der Waals surface area contributed by atoms with E-state index in [4.69, 9.17) is 0 Å². The Hall–Kier alpha value is -2.35. The SMILES string of the molecule is Cc1snnc1C(=O)N1CCCC2(CCN(Cc3cccnc3)C2=O)C1. The number of piperidine rings is 1. The number of hydrogen-bond acceptors (Lipinski definition) is 6. The number of aryl methyl sites for hydroxylation is 1. The van der Waals surface area contributed by atoms with E-state index in [2.05, 4.69) is 14.6 Å². The van der Waals surface area contributed by atoms with Crippen LogP contribution in [0.1, 0.15) is 40.2 Å². The van der Waals surface area contributed by atoms with Crippen molar-refractivity contribution in [3.63, 3.8) is 0 Å².